The highest BCUT2D eigenvalue weighted by Crippen LogP contribution is 2.36. The van der Waals surface area contributed by atoms with Gasteiger partial charge in [-0.05, 0) is 42.5 Å². The largest absolute Gasteiger partial charge is 0.330 e. The van der Waals surface area contributed by atoms with Crippen LogP contribution >= 0.6 is 27.5 Å². The summed E-state index contributed by atoms with van der Waals surface area (Å²) in [7, 11) is 0. The van der Waals surface area contributed by atoms with Crippen molar-refractivity contribution >= 4 is 50.5 Å². The maximum Gasteiger partial charge on any atom is 0.244 e. The van der Waals surface area contributed by atoms with Crippen molar-refractivity contribution in [2.75, 3.05) is 16.8 Å². The molecule has 3 nitrogen and oxygen atoms in total. The molecule has 0 saturated carbocycles. The number of halogens is 2. The summed E-state index contributed by atoms with van der Waals surface area (Å²) in [6, 6.07) is 13.3. The summed E-state index contributed by atoms with van der Waals surface area (Å²) in [5.41, 5.74) is 2.73. The van der Waals surface area contributed by atoms with Gasteiger partial charge in [0, 0.05) is 15.2 Å². The Labute approximate surface area is 124 Å². The van der Waals surface area contributed by atoms with Gasteiger partial charge in [-0.3, -0.25) is 4.79 Å². The Morgan fingerprint density at radius 2 is 1.89 bits per heavy atom. The number of carbonyl (C=O) groups excluding carboxylic acids is 1. The monoisotopic (exact) mass is 336 g/mol. The fourth-order valence-electron chi connectivity index (χ4n) is 2.11. The molecule has 0 unspecified atom stereocenters. The molecule has 2 aromatic carbocycles. The van der Waals surface area contributed by atoms with Gasteiger partial charge in [-0.25, -0.2) is 0 Å². The van der Waals surface area contributed by atoms with E-state index < -0.39 is 0 Å². The smallest absolute Gasteiger partial charge is 0.244 e. The zero-order chi connectivity index (χ0) is 13.4. The molecule has 0 spiro atoms. The Morgan fingerprint density at radius 1 is 1.16 bits per heavy atom. The molecule has 0 aliphatic carbocycles. The fraction of sp³-hybridized carbons (Fsp3) is 0.0714. The highest BCUT2D eigenvalue weighted by molar-refractivity contribution is 9.10. The first-order chi connectivity index (χ1) is 9.13. The summed E-state index contributed by atoms with van der Waals surface area (Å²) >= 11 is 9.31. The third kappa shape index (κ3) is 2.46. The van der Waals surface area contributed by atoms with Crippen molar-refractivity contribution in [1.82, 2.24) is 0 Å². The number of amides is 1. The minimum Gasteiger partial charge on any atom is -0.330 e. The number of fused-ring (bicyclic) bond motifs is 1. The van der Waals surface area contributed by atoms with Crippen molar-refractivity contribution in [2.24, 2.45) is 0 Å². The minimum absolute atomic E-state index is 0.0273. The second-order valence-electron chi connectivity index (χ2n) is 4.27. The lowest BCUT2D eigenvalue weighted by atomic mass is 10.1. The van der Waals surface area contributed by atoms with Gasteiger partial charge in [-0.15, -0.1) is 0 Å². The van der Waals surface area contributed by atoms with E-state index in [0.717, 1.165) is 21.5 Å². The summed E-state index contributed by atoms with van der Waals surface area (Å²) in [6.07, 6.45) is 0. The number of nitrogens with zero attached hydrogens (tertiary/aromatic N) is 1. The number of nitrogens with one attached hydrogen (secondary N) is 1. The van der Waals surface area contributed by atoms with Crippen LogP contribution in [0.15, 0.2) is 46.9 Å². The first-order valence-electron chi connectivity index (χ1n) is 5.76. The summed E-state index contributed by atoms with van der Waals surface area (Å²) in [5.74, 6) is -0.0273. The number of anilines is 3. The lowest BCUT2D eigenvalue weighted by molar-refractivity contribution is -0.115. The van der Waals surface area contributed by atoms with E-state index in [1.165, 1.54) is 0 Å². The minimum atomic E-state index is -0.0273. The number of carbonyl (C=O) groups is 1. The fourth-order valence-corrected chi connectivity index (χ4v) is 2.60. The van der Waals surface area contributed by atoms with E-state index >= 15 is 0 Å². The molecule has 0 aromatic heterocycles. The van der Waals surface area contributed by atoms with Gasteiger partial charge in [0.2, 0.25) is 5.91 Å². The van der Waals surface area contributed by atoms with Crippen LogP contribution in [-0.2, 0) is 4.79 Å². The predicted molar refractivity (Wildman–Crippen MR) is 81.2 cm³/mol. The number of hydrogen-bond donors (Lipinski definition) is 1. The summed E-state index contributed by atoms with van der Waals surface area (Å²) in [5, 5.41) is 3.56. The molecule has 5 heteroatoms. The van der Waals surface area contributed by atoms with Gasteiger partial charge in [0.1, 0.15) is 6.54 Å². The van der Waals surface area contributed by atoms with Crippen LogP contribution in [0.25, 0.3) is 0 Å². The van der Waals surface area contributed by atoms with Crippen LogP contribution in [0.1, 0.15) is 0 Å². The molecule has 0 bridgehead atoms. The van der Waals surface area contributed by atoms with Gasteiger partial charge in [0.05, 0.1) is 11.4 Å². The Morgan fingerprint density at radius 3 is 2.63 bits per heavy atom. The van der Waals surface area contributed by atoms with E-state index in [1.54, 1.807) is 0 Å². The Bertz CT molecular complexity index is 642. The molecule has 0 fully saturated rings. The second-order valence-corrected chi connectivity index (χ2v) is 5.62. The van der Waals surface area contributed by atoms with Crippen LogP contribution in [0.4, 0.5) is 17.1 Å². The van der Waals surface area contributed by atoms with Crippen molar-refractivity contribution < 1.29 is 4.79 Å². The van der Waals surface area contributed by atoms with Gasteiger partial charge in [0.15, 0.2) is 0 Å². The molecule has 96 valence electrons. The highest BCUT2D eigenvalue weighted by Gasteiger charge is 2.23. The van der Waals surface area contributed by atoms with Crippen molar-refractivity contribution in [2.45, 2.75) is 0 Å². The van der Waals surface area contributed by atoms with E-state index in [1.807, 2.05) is 47.4 Å². The van der Waals surface area contributed by atoms with Crippen molar-refractivity contribution in [3.8, 4) is 0 Å². The molecule has 1 aliphatic heterocycles. The third-order valence-electron chi connectivity index (χ3n) is 2.96. The molecule has 0 saturated heterocycles. The molecule has 0 radical (unpaired) electrons. The zero-order valence-electron chi connectivity index (χ0n) is 9.86. The van der Waals surface area contributed by atoms with Crippen LogP contribution in [-0.4, -0.2) is 12.5 Å². The first-order valence-corrected chi connectivity index (χ1v) is 6.93. The molecule has 1 N–H and O–H groups in total. The van der Waals surface area contributed by atoms with Crippen LogP contribution < -0.4 is 10.2 Å². The summed E-state index contributed by atoms with van der Waals surface area (Å²) in [6.45, 7) is 0.302. The average molecular weight is 338 g/mol. The van der Waals surface area contributed by atoms with Gasteiger partial charge in [0.25, 0.3) is 0 Å². The molecule has 2 aromatic rings. The topological polar surface area (TPSA) is 32.3 Å². The normalized spacial score (nSPS) is 14.0. The maximum absolute atomic E-state index is 11.8. The molecular weight excluding hydrogens is 328 g/mol. The lowest BCUT2D eigenvalue weighted by Gasteiger charge is -2.31. The maximum atomic E-state index is 11.8. The molecule has 0 atom stereocenters. The molecular formula is C14H10BrClN2O. The molecule has 1 amide bonds. The van der Waals surface area contributed by atoms with E-state index in [9.17, 15) is 4.79 Å². The molecule has 19 heavy (non-hydrogen) atoms. The zero-order valence-corrected chi connectivity index (χ0v) is 12.2. The number of benzene rings is 2. The van der Waals surface area contributed by atoms with E-state index in [0.29, 0.717) is 11.6 Å². The summed E-state index contributed by atoms with van der Waals surface area (Å²) in [4.78, 5) is 13.8. The molecule has 1 aliphatic rings. The van der Waals surface area contributed by atoms with E-state index in [-0.39, 0.29) is 5.91 Å². The van der Waals surface area contributed by atoms with E-state index in [4.69, 9.17) is 11.6 Å². The molecule has 1 heterocycles. The van der Waals surface area contributed by atoms with Gasteiger partial charge in [-0.1, -0.05) is 27.5 Å². The quantitative estimate of drug-likeness (QED) is 0.846. The first kappa shape index (κ1) is 12.5. The van der Waals surface area contributed by atoms with Gasteiger partial charge in [-0.2, -0.15) is 0 Å². The summed E-state index contributed by atoms with van der Waals surface area (Å²) < 4.78 is 0.935. The predicted octanol–water partition coefficient (Wildman–Crippen LogP) is 4.19. The highest BCUT2D eigenvalue weighted by atomic mass is 79.9. The lowest BCUT2D eigenvalue weighted by Crippen LogP contribution is -2.34. The van der Waals surface area contributed by atoms with Crippen molar-refractivity contribution in [1.29, 1.82) is 0 Å². The number of hydrogen-bond acceptors (Lipinski definition) is 2. The number of rotatable bonds is 1. The third-order valence-corrected chi connectivity index (χ3v) is 3.71. The van der Waals surface area contributed by atoms with Gasteiger partial charge < -0.3 is 10.2 Å². The van der Waals surface area contributed by atoms with Crippen molar-refractivity contribution in [3.63, 3.8) is 0 Å². The second kappa shape index (κ2) is 4.87. The van der Waals surface area contributed by atoms with Crippen LogP contribution in [0.5, 0.6) is 0 Å². The Kier molecular flexibility index (Phi) is 3.21. The van der Waals surface area contributed by atoms with Gasteiger partial charge >= 0.3 is 0 Å². The SMILES string of the molecule is O=C1CN(c2ccc(Cl)cc2)c2ccc(Br)cc2N1. The standard InChI is InChI=1S/C14H10BrClN2O/c15-9-1-6-13-12(7-9)17-14(19)8-18(13)11-4-2-10(16)3-5-11/h1-7H,8H2,(H,17,19). The Balaban J connectivity index is 2.08. The average Bonchev–Trinajstić information content (AvgIpc) is 2.38. The molecule has 3 rings (SSSR count). The van der Waals surface area contributed by atoms with Crippen LogP contribution in [0.3, 0.4) is 0 Å². The van der Waals surface area contributed by atoms with Crippen molar-refractivity contribution in [3.05, 3.63) is 52.0 Å². The Hall–Kier alpha value is -1.52. The van der Waals surface area contributed by atoms with Crippen LogP contribution in [0.2, 0.25) is 5.02 Å². The van der Waals surface area contributed by atoms with Crippen LogP contribution in [0, 0.1) is 0 Å². The van der Waals surface area contributed by atoms with E-state index in [2.05, 4.69) is 21.2 Å².